The number of carbonyl (C=O) groups is 1. The van der Waals surface area contributed by atoms with Crippen LogP contribution < -0.4 is 0 Å². The number of carboxylic acid groups (broad SMARTS) is 1. The Labute approximate surface area is 127 Å². The lowest BCUT2D eigenvalue weighted by molar-refractivity contribution is 0.0694. The number of aromatic carboxylic acids is 1. The van der Waals surface area contributed by atoms with Gasteiger partial charge < -0.3 is 5.11 Å². The van der Waals surface area contributed by atoms with E-state index in [0.717, 1.165) is 31.0 Å². The molecule has 1 N–H and O–H groups in total. The van der Waals surface area contributed by atoms with Gasteiger partial charge in [-0.1, -0.05) is 33.1 Å². The summed E-state index contributed by atoms with van der Waals surface area (Å²) in [7, 11) is 0. The molecule has 0 bridgehead atoms. The third-order valence-corrected chi connectivity index (χ3v) is 4.51. The average Bonchev–Trinajstić information content (AvgIpc) is 2.48. The van der Waals surface area contributed by atoms with Crippen molar-refractivity contribution < 1.29 is 9.90 Å². The molecule has 0 unspecified atom stereocenters. The Morgan fingerprint density at radius 3 is 2.52 bits per heavy atom. The molecule has 1 fully saturated rings. The molecule has 1 saturated carbocycles. The second-order valence-electron chi connectivity index (χ2n) is 6.15. The van der Waals surface area contributed by atoms with Crippen LogP contribution >= 0.6 is 0 Å². The Morgan fingerprint density at radius 2 is 1.95 bits per heavy atom. The van der Waals surface area contributed by atoms with Crippen molar-refractivity contribution in [2.75, 3.05) is 0 Å². The topological polar surface area (TPSA) is 63.1 Å². The molecule has 0 spiro atoms. The van der Waals surface area contributed by atoms with Crippen molar-refractivity contribution in [1.82, 2.24) is 9.97 Å². The maximum Gasteiger partial charge on any atom is 0.339 e. The van der Waals surface area contributed by atoms with Crippen molar-refractivity contribution in [1.29, 1.82) is 0 Å². The van der Waals surface area contributed by atoms with Crippen LogP contribution in [-0.2, 0) is 6.42 Å². The van der Waals surface area contributed by atoms with Crippen LogP contribution in [0.25, 0.3) is 0 Å². The summed E-state index contributed by atoms with van der Waals surface area (Å²) in [6.07, 6.45) is 10.5. The number of aromatic nitrogens is 2. The highest BCUT2D eigenvalue weighted by Crippen LogP contribution is 2.36. The maximum absolute atomic E-state index is 11.2. The van der Waals surface area contributed by atoms with E-state index in [1.165, 1.54) is 31.9 Å². The molecule has 0 amide bonds. The van der Waals surface area contributed by atoms with Gasteiger partial charge in [0.1, 0.15) is 5.82 Å². The summed E-state index contributed by atoms with van der Waals surface area (Å²) in [4.78, 5) is 20.2. The largest absolute Gasteiger partial charge is 0.478 e. The lowest BCUT2D eigenvalue weighted by Gasteiger charge is -2.27. The smallest absolute Gasteiger partial charge is 0.339 e. The second-order valence-corrected chi connectivity index (χ2v) is 6.15. The minimum atomic E-state index is -0.920. The van der Waals surface area contributed by atoms with Gasteiger partial charge in [-0.05, 0) is 38.0 Å². The maximum atomic E-state index is 11.2. The van der Waals surface area contributed by atoms with E-state index < -0.39 is 5.97 Å². The minimum absolute atomic E-state index is 0.264. The fraction of sp³-hybridized carbons (Fsp3) is 0.706. The Kier molecular flexibility index (Phi) is 5.71. The number of hydrogen-bond donors (Lipinski definition) is 1. The molecule has 0 saturated heterocycles. The lowest BCUT2D eigenvalue weighted by atomic mass is 9.79. The van der Waals surface area contributed by atoms with E-state index in [-0.39, 0.29) is 5.56 Å². The summed E-state index contributed by atoms with van der Waals surface area (Å²) in [5.41, 5.74) is 0.964. The SMILES string of the molecule is CCCc1nc(C2CCC(CCC)CC2)ncc1C(=O)O. The van der Waals surface area contributed by atoms with Gasteiger partial charge in [0, 0.05) is 12.1 Å². The van der Waals surface area contributed by atoms with Crippen LogP contribution in [0.4, 0.5) is 0 Å². The fourth-order valence-corrected chi connectivity index (χ4v) is 3.35. The van der Waals surface area contributed by atoms with Crippen molar-refractivity contribution in [2.45, 2.75) is 71.1 Å². The molecule has 116 valence electrons. The number of aryl methyl sites for hydroxylation is 1. The van der Waals surface area contributed by atoms with Crippen LogP contribution in [0.15, 0.2) is 6.20 Å². The molecular formula is C17H26N2O2. The molecule has 4 heteroatoms. The van der Waals surface area contributed by atoms with Gasteiger partial charge in [-0.15, -0.1) is 0 Å². The van der Waals surface area contributed by atoms with Crippen LogP contribution in [0, 0.1) is 5.92 Å². The van der Waals surface area contributed by atoms with Crippen LogP contribution in [0.1, 0.15) is 86.6 Å². The molecule has 2 rings (SSSR count). The Bertz CT molecular complexity index is 480. The zero-order valence-electron chi connectivity index (χ0n) is 13.1. The summed E-state index contributed by atoms with van der Waals surface area (Å²) in [6.45, 7) is 4.29. The predicted molar refractivity (Wildman–Crippen MR) is 82.6 cm³/mol. The standard InChI is InChI=1S/C17H26N2O2/c1-3-5-12-7-9-13(10-8-12)16-18-11-14(17(20)21)15(19-16)6-4-2/h11-13H,3-10H2,1-2H3,(H,20,21). The first-order chi connectivity index (χ1) is 10.2. The van der Waals surface area contributed by atoms with E-state index in [9.17, 15) is 9.90 Å². The summed E-state index contributed by atoms with van der Waals surface area (Å²) in [5, 5.41) is 9.21. The molecule has 1 aliphatic carbocycles. The normalized spacial score (nSPS) is 22.2. The van der Waals surface area contributed by atoms with E-state index in [4.69, 9.17) is 0 Å². The number of hydrogen-bond acceptors (Lipinski definition) is 3. The molecule has 0 aromatic carbocycles. The van der Waals surface area contributed by atoms with Gasteiger partial charge in [0.2, 0.25) is 0 Å². The van der Waals surface area contributed by atoms with Gasteiger partial charge in [0.15, 0.2) is 0 Å². The van der Waals surface area contributed by atoms with Gasteiger partial charge in [-0.25, -0.2) is 14.8 Å². The van der Waals surface area contributed by atoms with Crippen LogP contribution in [0.3, 0.4) is 0 Å². The first kappa shape index (κ1) is 15.9. The van der Waals surface area contributed by atoms with Crippen molar-refractivity contribution in [3.05, 3.63) is 23.3 Å². The van der Waals surface area contributed by atoms with Crippen molar-refractivity contribution in [3.8, 4) is 0 Å². The van der Waals surface area contributed by atoms with Gasteiger partial charge >= 0.3 is 5.97 Å². The third kappa shape index (κ3) is 4.02. The summed E-state index contributed by atoms with van der Waals surface area (Å²) < 4.78 is 0. The minimum Gasteiger partial charge on any atom is -0.478 e. The summed E-state index contributed by atoms with van der Waals surface area (Å²) >= 11 is 0. The van der Waals surface area contributed by atoms with Crippen molar-refractivity contribution in [2.24, 2.45) is 5.92 Å². The van der Waals surface area contributed by atoms with Crippen molar-refractivity contribution >= 4 is 5.97 Å². The average molecular weight is 290 g/mol. The predicted octanol–water partition coefficient (Wildman–Crippen LogP) is 4.20. The Morgan fingerprint density at radius 1 is 1.24 bits per heavy atom. The van der Waals surface area contributed by atoms with Crippen LogP contribution in [-0.4, -0.2) is 21.0 Å². The Balaban J connectivity index is 2.10. The molecular weight excluding hydrogens is 264 g/mol. The molecule has 0 aliphatic heterocycles. The quantitative estimate of drug-likeness (QED) is 0.852. The third-order valence-electron chi connectivity index (χ3n) is 4.51. The Hall–Kier alpha value is -1.45. The monoisotopic (exact) mass is 290 g/mol. The van der Waals surface area contributed by atoms with Crippen LogP contribution in [0.5, 0.6) is 0 Å². The zero-order valence-corrected chi connectivity index (χ0v) is 13.1. The first-order valence-electron chi connectivity index (χ1n) is 8.24. The molecule has 21 heavy (non-hydrogen) atoms. The highest BCUT2D eigenvalue weighted by atomic mass is 16.4. The zero-order chi connectivity index (χ0) is 15.2. The van der Waals surface area contributed by atoms with E-state index in [0.29, 0.717) is 18.0 Å². The number of nitrogens with zero attached hydrogens (tertiary/aromatic N) is 2. The first-order valence-corrected chi connectivity index (χ1v) is 8.24. The summed E-state index contributed by atoms with van der Waals surface area (Å²) in [5.74, 6) is 1.21. The number of carboxylic acids is 1. The van der Waals surface area contributed by atoms with Gasteiger partial charge in [0.25, 0.3) is 0 Å². The molecule has 1 heterocycles. The summed E-state index contributed by atoms with van der Waals surface area (Å²) in [6, 6.07) is 0. The molecule has 0 atom stereocenters. The van der Waals surface area contributed by atoms with E-state index in [1.807, 2.05) is 6.92 Å². The second kappa shape index (κ2) is 7.53. The fourth-order valence-electron chi connectivity index (χ4n) is 3.35. The molecule has 0 radical (unpaired) electrons. The highest BCUT2D eigenvalue weighted by Gasteiger charge is 2.25. The number of rotatable bonds is 6. The molecule has 1 aliphatic rings. The van der Waals surface area contributed by atoms with Gasteiger partial charge in [0.05, 0.1) is 11.3 Å². The lowest BCUT2D eigenvalue weighted by Crippen LogP contribution is -2.17. The van der Waals surface area contributed by atoms with Crippen LogP contribution in [0.2, 0.25) is 0 Å². The molecule has 1 aromatic rings. The highest BCUT2D eigenvalue weighted by molar-refractivity contribution is 5.88. The van der Waals surface area contributed by atoms with Gasteiger partial charge in [-0.2, -0.15) is 0 Å². The molecule has 4 nitrogen and oxygen atoms in total. The van der Waals surface area contributed by atoms with E-state index >= 15 is 0 Å². The van der Waals surface area contributed by atoms with Crippen molar-refractivity contribution in [3.63, 3.8) is 0 Å². The van der Waals surface area contributed by atoms with E-state index in [2.05, 4.69) is 16.9 Å². The molecule has 1 aromatic heterocycles. The van der Waals surface area contributed by atoms with E-state index in [1.54, 1.807) is 0 Å². The van der Waals surface area contributed by atoms with Gasteiger partial charge in [-0.3, -0.25) is 0 Å².